The van der Waals surface area contributed by atoms with Crippen molar-refractivity contribution in [2.24, 2.45) is 0 Å². The first kappa shape index (κ1) is 11.6. The Labute approximate surface area is 107 Å². The standard InChI is InChI=1S/C12H10BrClO2/c1-15-9-4-2-8(3-5-9)12(13)10-6-7-11(14)16-10/h2-7,12H,1H3. The molecule has 2 aromatic rings. The van der Waals surface area contributed by atoms with Crippen LogP contribution in [0.3, 0.4) is 0 Å². The van der Waals surface area contributed by atoms with Crippen LogP contribution in [0.4, 0.5) is 0 Å². The van der Waals surface area contributed by atoms with Crippen LogP contribution in [0.1, 0.15) is 16.2 Å². The van der Waals surface area contributed by atoms with Crippen molar-refractivity contribution in [3.8, 4) is 5.75 Å². The summed E-state index contributed by atoms with van der Waals surface area (Å²) in [6, 6.07) is 11.4. The molecule has 0 aliphatic carbocycles. The van der Waals surface area contributed by atoms with Crippen molar-refractivity contribution in [2.45, 2.75) is 4.83 Å². The van der Waals surface area contributed by atoms with Gasteiger partial charge in [-0.1, -0.05) is 28.1 Å². The lowest BCUT2D eigenvalue weighted by atomic mass is 10.1. The first-order valence-electron chi connectivity index (χ1n) is 4.74. The lowest BCUT2D eigenvalue weighted by Gasteiger charge is -2.07. The van der Waals surface area contributed by atoms with E-state index in [1.165, 1.54) is 0 Å². The molecule has 84 valence electrons. The first-order valence-corrected chi connectivity index (χ1v) is 6.03. The highest BCUT2D eigenvalue weighted by Gasteiger charge is 2.14. The lowest BCUT2D eigenvalue weighted by Crippen LogP contribution is -1.90. The molecule has 0 saturated heterocycles. The molecule has 1 aromatic carbocycles. The summed E-state index contributed by atoms with van der Waals surface area (Å²) in [7, 11) is 1.65. The Morgan fingerprint density at radius 2 is 1.88 bits per heavy atom. The van der Waals surface area contributed by atoms with Gasteiger partial charge in [-0.2, -0.15) is 0 Å². The van der Waals surface area contributed by atoms with Crippen molar-refractivity contribution in [1.29, 1.82) is 0 Å². The van der Waals surface area contributed by atoms with Gasteiger partial charge in [-0.15, -0.1) is 0 Å². The maximum Gasteiger partial charge on any atom is 0.193 e. The molecule has 16 heavy (non-hydrogen) atoms. The predicted octanol–water partition coefficient (Wildman–Crippen LogP) is 4.43. The van der Waals surface area contributed by atoms with E-state index in [9.17, 15) is 0 Å². The Kier molecular flexibility index (Phi) is 3.56. The Morgan fingerprint density at radius 1 is 1.19 bits per heavy atom. The van der Waals surface area contributed by atoms with E-state index in [-0.39, 0.29) is 4.83 Å². The average molecular weight is 302 g/mol. The molecule has 1 heterocycles. The maximum absolute atomic E-state index is 5.73. The van der Waals surface area contributed by atoms with Crippen LogP contribution < -0.4 is 4.74 Å². The van der Waals surface area contributed by atoms with Gasteiger partial charge < -0.3 is 9.15 Å². The Bertz CT molecular complexity index is 464. The maximum atomic E-state index is 5.73. The van der Waals surface area contributed by atoms with Crippen LogP contribution in [0.25, 0.3) is 0 Å². The largest absolute Gasteiger partial charge is 0.497 e. The lowest BCUT2D eigenvalue weighted by molar-refractivity contribution is 0.414. The second kappa shape index (κ2) is 4.93. The van der Waals surface area contributed by atoms with Crippen molar-refractivity contribution < 1.29 is 9.15 Å². The number of benzene rings is 1. The number of hydrogen-bond donors (Lipinski definition) is 0. The van der Waals surface area contributed by atoms with Gasteiger partial charge >= 0.3 is 0 Å². The second-order valence-corrected chi connectivity index (χ2v) is 4.57. The third kappa shape index (κ3) is 2.42. The summed E-state index contributed by atoms with van der Waals surface area (Å²) in [5.41, 5.74) is 1.09. The van der Waals surface area contributed by atoms with Crippen molar-refractivity contribution in [3.05, 3.63) is 52.9 Å². The molecule has 2 rings (SSSR count). The number of furan rings is 1. The van der Waals surface area contributed by atoms with Crippen LogP contribution in [-0.4, -0.2) is 7.11 Å². The molecule has 0 spiro atoms. The molecular weight excluding hydrogens is 291 g/mol. The summed E-state index contributed by atoms with van der Waals surface area (Å²) in [6.07, 6.45) is 0. The molecule has 0 aliphatic heterocycles. The fourth-order valence-electron chi connectivity index (χ4n) is 1.40. The molecule has 1 aromatic heterocycles. The summed E-state index contributed by atoms with van der Waals surface area (Å²) >= 11 is 9.29. The molecule has 0 radical (unpaired) electrons. The third-order valence-electron chi connectivity index (χ3n) is 2.25. The van der Waals surface area contributed by atoms with Gasteiger partial charge in [0.05, 0.1) is 11.9 Å². The van der Waals surface area contributed by atoms with Crippen molar-refractivity contribution in [2.75, 3.05) is 7.11 Å². The SMILES string of the molecule is COc1ccc(C(Br)c2ccc(Cl)o2)cc1. The zero-order valence-electron chi connectivity index (χ0n) is 8.61. The monoisotopic (exact) mass is 300 g/mol. The van der Waals surface area contributed by atoms with Gasteiger partial charge in [0.1, 0.15) is 11.5 Å². The molecule has 0 bridgehead atoms. The number of ether oxygens (including phenoxy) is 1. The van der Waals surface area contributed by atoms with Crippen LogP contribution in [0.2, 0.25) is 5.22 Å². The minimum atomic E-state index is 0.00547. The summed E-state index contributed by atoms with van der Waals surface area (Å²) in [5, 5.41) is 0.396. The van der Waals surface area contributed by atoms with Crippen LogP contribution in [0.5, 0.6) is 5.75 Å². The molecular formula is C12H10BrClO2. The van der Waals surface area contributed by atoms with E-state index in [0.29, 0.717) is 5.22 Å². The molecule has 0 fully saturated rings. The molecule has 1 atom stereocenters. The second-order valence-electron chi connectivity index (χ2n) is 3.28. The number of rotatable bonds is 3. The van der Waals surface area contributed by atoms with Gasteiger partial charge in [0, 0.05) is 0 Å². The van der Waals surface area contributed by atoms with Gasteiger partial charge in [-0.25, -0.2) is 0 Å². The van der Waals surface area contributed by atoms with E-state index in [1.54, 1.807) is 13.2 Å². The van der Waals surface area contributed by atoms with Crippen molar-refractivity contribution >= 4 is 27.5 Å². The molecule has 1 unspecified atom stereocenters. The van der Waals surface area contributed by atoms with E-state index in [1.807, 2.05) is 30.3 Å². The van der Waals surface area contributed by atoms with E-state index in [2.05, 4.69) is 15.9 Å². The Hall–Kier alpha value is -0.930. The molecule has 0 aliphatic rings. The van der Waals surface area contributed by atoms with Crippen molar-refractivity contribution in [1.82, 2.24) is 0 Å². The molecule has 4 heteroatoms. The van der Waals surface area contributed by atoms with Gasteiger partial charge in [0.2, 0.25) is 0 Å². The van der Waals surface area contributed by atoms with Gasteiger partial charge in [-0.05, 0) is 41.4 Å². The van der Waals surface area contributed by atoms with Gasteiger partial charge in [0.15, 0.2) is 5.22 Å². The zero-order chi connectivity index (χ0) is 11.5. The highest BCUT2D eigenvalue weighted by Crippen LogP contribution is 2.33. The number of methoxy groups -OCH3 is 1. The zero-order valence-corrected chi connectivity index (χ0v) is 11.0. The molecule has 0 N–H and O–H groups in total. The summed E-state index contributed by atoms with van der Waals surface area (Å²) in [4.78, 5) is 0.00547. The van der Waals surface area contributed by atoms with E-state index in [0.717, 1.165) is 17.1 Å². The van der Waals surface area contributed by atoms with E-state index >= 15 is 0 Å². The third-order valence-corrected chi connectivity index (χ3v) is 3.44. The number of halogens is 2. The fourth-order valence-corrected chi connectivity index (χ4v) is 2.11. The summed E-state index contributed by atoms with van der Waals surface area (Å²) < 4.78 is 10.4. The van der Waals surface area contributed by atoms with Crippen LogP contribution >= 0.6 is 27.5 Å². The van der Waals surface area contributed by atoms with Gasteiger partial charge in [0.25, 0.3) is 0 Å². The quantitative estimate of drug-likeness (QED) is 0.783. The van der Waals surface area contributed by atoms with Gasteiger partial charge in [-0.3, -0.25) is 0 Å². The summed E-state index contributed by atoms with van der Waals surface area (Å²) in [6.45, 7) is 0. The average Bonchev–Trinajstić information content (AvgIpc) is 2.75. The normalized spacial score (nSPS) is 12.4. The van der Waals surface area contributed by atoms with Crippen LogP contribution in [-0.2, 0) is 0 Å². The summed E-state index contributed by atoms with van der Waals surface area (Å²) in [5.74, 6) is 1.62. The minimum absolute atomic E-state index is 0.00547. The minimum Gasteiger partial charge on any atom is -0.497 e. The van der Waals surface area contributed by atoms with Crippen LogP contribution in [0.15, 0.2) is 40.8 Å². The van der Waals surface area contributed by atoms with E-state index in [4.69, 9.17) is 20.8 Å². The smallest absolute Gasteiger partial charge is 0.193 e. The van der Waals surface area contributed by atoms with Crippen LogP contribution in [0, 0.1) is 0 Å². The molecule has 0 saturated carbocycles. The van der Waals surface area contributed by atoms with E-state index < -0.39 is 0 Å². The molecule has 0 amide bonds. The number of alkyl halides is 1. The Balaban J connectivity index is 2.23. The Morgan fingerprint density at radius 3 is 2.38 bits per heavy atom. The molecule has 2 nitrogen and oxygen atoms in total. The number of hydrogen-bond acceptors (Lipinski definition) is 2. The fraction of sp³-hybridized carbons (Fsp3) is 0.167. The topological polar surface area (TPSA) is 22.4 Å². The first-order chi connectivity index (χ1) is 7.70. The highest BCUT2D eigenvalue weighted by molar-refractivity contribution is 9.09. The highest BCUT2D eigenvalue weighted by atomic mass is 79.9. The van der Waals surface area contributed by atoms with Crippen molar-refractivity contribution in [3.63, 3.8) is 0 Å². The predicted molar refractivity (Wildman–Crippen MR) is 67.5 cm³/mol.